The van der Waals surface area contributed by atoms with Gasteiger partial charge in [-0.05, 0) is 42.4 Å². The van der Waals surface area contributed by atoms with Crippen LogP contribution in [0.25, 0.3) is 0 Å². The number of fused-ring (bicyclic) bond motifs is 3. The predicted molar refractivity (Wildman–Crippen MR) is 66.5 cm³/mol. The minimum Gasteiger partial charge on any atom is -0.381 e. The molecule has 0 aliphatic heterocycles. The van der Waals surface area contributed by atoms with Crippen LogP contribution in [0.3, 0.4) is 0 Å². The van der Waals surface area contributed by atoms with Gasteiger partial charge in [-0.3, -0.25) is 4.79 Å². The molecule has 0 aromatic rings. The third-order valence-electron chi connectivity index (χ3n) is 6.65. The summed E-state index contributed by atoms with van der Waals surface area (Å²) in [5, 5.41) is 11.0. The second-order valence-corrected chi connectivity index (χ2v) is 7.47. The first-order valence-electron chi connectivity index (χ1n) is 7.02. The van der Waals surface area contributed by atoms with Crippen molar-refractivity contribution in [2.75, 3.05) is 0 Å². The van der Waals surface area contributed by atoms with Gasteiger partial charge in [0.05, 0.1) is 0 Å². The van der Waals surface area contributed by atoms with Crippen molar-refractivity contribution >= 4 is 5.78 Å². The van der Waals surface area contributed by atoms with Crippen molar-refractivity contribution in [3.8, 4) is 0 Å². The Hall–Kier alpha value is -0.370. The summed E-state index contributed by atoms with van der Waals surface area (Å²) in [6.07, 6.45) is 3.45. The molecule has 3 fully saturated rings. The van der Waals surface area contributed by atoms with Crippen LogP contribution in [0.4, 0.5) is 0 Å². The van der Waals surface area contributed by atoms with Crippen LogP contribution in [-0.4, -0.2) is 16.5 Å². The summed E-state index contributed by atoms with van der Waals surface area (Å²) < 4.78 is 0. The third kappa shape index (κ3) is 1.09. The predicted octanol–water partition coefficient (Wildman–Crippen LogP) is 2.79. The number of hydrogen-bond acceptors (Lipinski definition) is 2. The normalized spacial score (nSPS) is 56.1. The van der Waals surface area contributed by atoms with Crippen LogP contribution < -0.4 is 0 Å². The van der Waals surface area contributed by atoms with Gasteiger partial charge in [0.15, 0.2) is 5.78 Å². The highest BCUT2D eigenvalue weighted by Crippen LogP contribution is 2.75. The molecule has 0 radical (unpaired) electrons. The number of ketones is 1. The largest absolute Gasteiger partial charge is 0.381 e. The van der Waals surface area contributed by atoms with E-state index >= 15 is 0 Å². The van der Waals surface area contributed by atoms with Gasteiger partial charge < -0.3 is 5.11 Å². The molecule has 3 saturated carbocycles. The van der Waals surface area contributed by atoms with Crippen molar-refractivity contribution in [3.05, 3.63) is 0 Å². The van der Waals surface area contributed by atoms with Crippen LogP contribution in [0.1, 0.15) is 53.4 Å². The van der Waals surface area contributed by atoms with Crippen LogP contribution in [-0.2, 0) is 4.79 Å². The molecule has 5 atom stereocenters. The zero-order valence-corrected chi connectivity index (χ0v) is 11.4. The molecule has 3 aliphatic rings. The van der Waals surface area contributed by atoms with Crippen molar-refractivity contribution in [1.82, 2.24) is 0 Å². The quantitative estimate of drug-likeness (QED) is 0.702. The first-order valence-corrected chi connectivity index (χ1v) is 7.02. The van der Waals surface area contributed by atoms with Gasteiger partial charge in [0.1, 0.15) is 5.60 Å². The van der Waals surface area contributed by atoms with Crippen LogP contribution in [0.2, 0.25) is 0 Å². The summed E-state index contributed by atoms with van der Waals surface area (Å²) in [7, 11) is 0. The Kier molecular flexibility index (Phi) is 2.04. The van der Waals surface area contributed by atoms with E-state index in [1.807, 2.05) is 0 Å². The van der Waals surface area contributed by atoms with Crippen molar-refractivity contribution in [2.24, 2.45) is 28.6 Å². The molecule has 2 nitrogen and oxygen atoms in total. The fraction of sp³-hybridized carbons (Fsp3) is 0.933. The fourth-order valence-corrected chi connectivity index (χ4v) is 5.33. The minimum absolute atomic E-state index is 0.123. The Balaban J connectivity index is 2.11. The van der Waals surface area contributed by atoms with Gasteiger partial charge in [-0.2, -0.15) is 0 Å². The van der Waals surface area contributed by atoms with Crippen molar-refractivity contribution in [3.63, 3.8) is 0 Å². The van der Waals surface area contributed by atoms with Crippen LogP contribution >= 0.6 is 0 Å². The zero-order valence-electron chi connectivity index (χ0n) is 11.4. The summed E-state index contributed by atoms with van der Waals surface area (Å²) in [4.78, 5) is 12.4. The van der Waals surface area contributed by atoms with E-state index in [-0.39, 0.29) is 16.6 Å². The Morgan fingerprint density at radius 2 is 1.94 bits per heavy atom. The lowest BCUT2D eigenvalue weighted by Gasteiger charge is -2.54. The topological polar surface area (TPSA) is 37.3 Å². The van der Waals surface area contributed by atoms with E-state index in [2.05, 4.69) is 27.7 Å². The van der Waals surface area contributed by atoms with Crippen LogP contribution in [0, 0.1) is 28.6 Å². The summed E-state index contributed by atoms with van der Waals surface area (Å²) in [5.74, 6) is 1.63. The zero-order chi connectivity index (χ0) is 12.6. The number of aliphatic hydroxyl groups is 1. The highest BCUT2D eigenvalue weighted by Gasteiger charge is 2.76. The standard InChI is InChI=1S/C15H24O2/c1-9-6-5-7-15(17)11(16)8-10-12(13(10,2)3)14(9,15)4/h9-10,12,17H,5-8H2,1-4H3/t9-,10-,12+,14-,15+/m1/s1. The fourth-order valence-electron chi connectivity index (χ4n) is 5.33. The SMILES string of the molecule is C[C@@H]1CCC[C@]2(O)C(=O)C[C@@H]3[C@@H](C3(C)C)[C@@]12C. The average Bonchev–Trinajstić information content (AvgIpc) is 2.76. The lowest BCUT2D eigenvalue weighted by Crippen LogP contribution is -2.61. The van der Waals surface area contributed by atoms with E-state index < -0.39 is 5.60 Å². The maximum absolute atomic E-state index is 12.4. The Labute approximate surface area is 104 Å². The van der Waals surface area contributed by atoms with Crippen molar-refractivity contribution < 1.29 is 9.90 Å². The summed E-state index contributed by atoms with van der Waals surface area (Å²) in [6.45, 7) is 8.95. The number of carbonyl (C=O) groups is 1. The average molecular weight is 236 g/mol. The second-order valence-electron chi connectivity index (χ2n) is 7.47. The van der Waals surface area contributed by atoms with Gasteiger partial charge in [-0.15, -0.1) is 0 Å². The van der Waals surface area contributed by atoms with Gasteiger partial charge in [-0.25, -0.2) is 0 Å². The first kappa shape index (κ1) is 11.7. The smallest absolute Gasteiger partial charge is 0.165 e. The number of hydrogen-bond donors (Lipinski definition) is 1. The van der Waals surface area contributed by atoms with E-state index in [1.165, 1.54) is 0 Å². The molecule has 0 aromatic heterocycles. The summed E-state index contributed by atoms with van der Waals surface area (Å²) in [5.41, 5.74) is -0.963. The molecule has 0 amide bonds. The van der Waals surface area contributed by atoms with Crippen molar-refractivity contribution in [2.45, 2.75) is 59.0 Å². The Bertz CT molecular complexity index is 386. The molecular weight excluding hydrogens is 212 g/mol. The summed E-state index contributed by atoms with van der Waals surface area (Å²) >= 11 is 0. The van der Waals surface area contributed by atoms with Crippen LogP contribution in [0.15, 0.2) is 0 Å². The van der Waals surface area contributed by atoms with Gasteiger partial charge in [0.2, 0.25) is 0 Å². The maximum atomic E-state index is 12.4. The van der Waals surface area contributed by atoms with E-state index in [4.69, 9.17) is 0 Å². The molecule has 2 heteroatoms. The molecule has 3 rings (SSSR count). The monoisotopic (exact) mass is 236 g/mol. The maximum Gasteiger partial charge on any atom is 0.165 e. The number of carbonyl (C=O) groups excluding carboxylic acids is 1. The van der Waals surface area contributed by atoms with E-state index in [0.717, 1.165) is 12.8 Å². The molecule has 17 heavy (non-hydrogen) atoms. The molecule has 0 saturated heterocycles. The molecule has 0 bridgehead atoms. The highest BCUT2D eigenvalue weighted by molar-refractivity contribution is 5.90. The molecule has 0 aromatic carbocycles. The number of Topliss-reactive ketones (excluding diaryl/α,β-unsaturated/α-hetero) is 1. The lowest BCUT2D eigenvalue weighted by molar-refractivity contribution is -0.181. The van der Waals surface area contributed by atoms with E-state index in [1.54, 1.807) is 0 Å². The third-order valence-corrected chi connectivity index (χ3v) is 6.65. The Morgan fingerprint density at radius 3 is 2.59 bits per heavy atom. The van der Waals surface area contributed by atoms with E-state index in [0.29, 0.717) is 30.6 Å². The molecule has 96 valence electrons. The molecule has 3 aliphatic carbocycles. The van der Waals surface area contributed by atoms with Crippen molar-refractivity contribution in [1.29, 1.82) is 0 Å². The van der Waals surface area contributed by atoms with Gasteiger partial charge >= 0.3 is 0 Å². The second kappa shape index (κ2) is 2.96. The lowest BCUT2D eigenvalue weighted by atomic mass is 9.52. The molecular formula is C15H24O2. The highest BCUT2D eigenvalue weighted by atomic mass is 16.3. The van der Waals surface area contributed by atoms with Gasteiger partial charge in [0.25, 0.3) is 0 Å². The molecule has 0 unspecified atom stereocenters. The minimum atomic E-state index is -1.03. The molecule has 0 spiro atoms. The van der Waals surface area contributed by atoms with Crippen LogP contribution in [0.5, 0.6) is 0 Å². The molecule has 0 heterocycles. The van der Waals surface area contributed by atoms with Gasteiger partial charge in [-0.1, -0.05) is 27.7 Å². The number of rotatable bonds is 0. The first-order chi connectivity index (χ1) is 7.76. The Morgan fingerprint density at radius 1 is 1.29 bits per heavy atom. The van der Waals surface area contributed by atoms with Gasteiger partial charge in [0, 0.05) is 11.8 Å². The summed E-state index contributed by atoms with van der Waals surface area (Å²) in [6, 6.07) is 0. The molecule has 1 N–H and O–H groups in total. The van der Waals surface area contributed by atoms with E-state index in [9.17, 15) is 9.90 Å².